The van der Waals surface area contributed by atoms with Crippen molar-refractivity contribution < 1.29 is 5.11 Å². The molecular formula is C15H14OS. The summed E-state index contributed by atoms with van der Waals surface area (Å²) in [7, 11) is 0. The van der Waals surface area contributed by atoms with Gasteiger partial charge in [-0.1, -0.05) is 42.2 Å². The van der Waals surface area contributed by atoms with Crippen LogP contribution in [0.25, 0.3) is 0 Å². The Hall–Kier alpha value is -1.56. The average molecular weight is 242 g/mol. The maximum Gasteiger partial charge on any atom is 0.0899 e. The Morgan fingerprint density at radius 1 is 1.18 bits per heavy atom. The van der Waals surface area contributed by atoms with Gasteiger partial charge in [-0.05, 0) is 24.6 Å². The van der Waals surface area contributed by atoms with Gasteiger partial charge in [-0.3, -0.25) is 0 Å². The normalized spacial score (nSPS) is 11.6. The number of aryl methyl sites for hydroxylation is 1. The summed E-state index contributed by atoms with van der Waals surface area (Å²) in [6.45, 7) is 2.06. The van der Waals surface area contributed by atoms with Crippen molar-refractivity contribution in [3.8, 4) is 11.8 Å². The van der Waals surface area contributed by atoms with Gasteiger partial charge in [-0.15, -0.1) is 11.3 Å². The van der Waals surface area contributed by atoms with E-state index in [-0.39, 0.29) is 0 Å². The summed E-state index contributed by atoms with van der Waals surface area (Å²) in [6.07, 6.45) is -0.0224. The molecule has 1 aromatic heterocycles. The number of hydrogen-bond acceptors (Lipinski definition) is 2. The molecule has 2 aromatic rings. The Morgan fingerprint density at radius 3 is 2.59 bits per heavy atom. The molecule has 0 spiro atoms. The van der Waals surface area contributed by atoms with Crippen molar-refractivity contribution in [3.63, 3.8) is 0 Å². The maximum atomic E-state index is 9.90. The lowest BCUT2D eigenvalue weighted by molar-refractivity contribution is 0.184. The third-order valence-electron chi connectivity index (χ3n) is 2.43. The number of hydrogen-bond donors (Lipinski definition) is 1. The Morgan fingerprint density at radius 2 is 1.94 bits per heavy atom. The molecule has 1 unspecified atom stereocenters. The smallest absolute Gasteiger partial charge is 0.0899 e. The molecule has 0 aliphatic carbocycles. The molecule has 0 aliphatic rings. The van der Waals surface area contributed by atoms with Crippen molar-refractivity contribution in [3.05, 3.63) is 57.8 Å². The third kappa shape index (κ3) is 3.45. The van der Waals surface area contributed by atoms with E-state index in [4.69, 9.17) is 0 Å². The molecule has 0 bridgehead atoms. The van der Waals surface area contributed by atoms with E-state index in [0.717, 1.165) is 10.4 Å². The molecule has 0 saturated carbocycles. The van der Waals surface area contributed by atoms with Gasteiger partial charge in [0, 0.05) is 11.3 Å². The summed E-state index contributed by atoms with van der Waals surface area (Å²) < 4.78 is 0. The van der Waals surface area contributed by atoms with Gasteiger partial charge < -0.3 is 5.11 Å². The van der Waals surface area contributed by atoms with Crippen molar-refractivity contribution in [1.29, 1.82) is 0 Å². The predicted molar refractivity (Wildman–Crippen MR) is 72.0 cm³/mol. The van der Waals surface area contributed by atoms with Crippen LogP contribution in [0.4, 0.5) is 0 Å². The highest BCUT2D eigenvalue weighted by molar-refractivity contribution is 7.12. The fourth-order valence-corrected chi connectivity index (χ4v) is 2.27. The summed E-state index contributed by atoms with van der Waals surface area (Å²) in [5.41, 5.74) is 0.921. The van der Waals surface area contributed by atoms with E-state index < -0.39 is 6.10 Å². The molecule has 0 aliphatic heterocycles. The van der Waals surface area contributed by atoms with Gasteiger partial charge in [-0.25, -0.2) is 0 Å². The van der Waals surface area contributed by atoms with Crippen molar-refractivity contribution in [2.75, 3.05) is 0 Å². The molecule has 1 N–H and O–H groups in total. The Balaban J connectivity index is 1.97. The van der Waals surface area contributed by atoms with Crippen LogP contribution in [0.15, 0.2) is 42.5 Å². The minimum absolute atomic E-state index is 0.473. The van der Waals surface area contributed by atoms with Crippen LogP contribution in [0.3, 0.4) is 0 Å². The van der Waals surface area contributed by atoms with Gasteiger partial charge in [0.15, 0.2) is 0 Å². The molecule has 0 fully saturated rings. The van der Waals surface area contributed by atoms with E-state index in [1.165, 1.54) is 4.88 Å². The number of thiophene rings is 1. The quantitative estimate of drug-likeness (QED) is 0.799. The number of rotatable bonds is 2. The first-order valence-corrected chi connectivity index (χ1v) is 6.35. The summed E-state index contributed by atoms with van der Waals surface area (Å²) in [4.78, 5) is 2.32. The third-order valence-corrected chi connectivity index (χ3v) is 3.35. The SMILES string of the molecule is Cc1ccc(C#CCC(O)c2ccccc2)s1. The molecule has 0 radical (unpaired) electrons. The topological polar surface area (TPSA) is 20.2 Å². The number of aliphatic hydroxyl groups is 1. The zero-order chi connectivity index (χ0) is 12.1. The van der Waals surface area contributed by atoms with E-state index in [0.29, 0.717) is 6.42 Å². The molecule has 1 atom stereocenters. The first-order valence-electron chi connectivity index (χ1n) is 5.54. The van der Waals surface area contributed by atoms with E-state index in [1.54, 1.807) is 11.3 Å². The minimum Gasteiger partial charge on any atom is -0.387 e. The van der Waals surface area contributed by atoms with Crippen LogP contribution < -0.4 is 0 Å². The Bertz CT molecular complexity index is 531. The second-order valence-electron chi connectivity index (χ2n) is 3.84. The van der Waals surface area contributed by atoms with Crippen molar-refractivity contribution in [2.45, 2.75) is 19.4 Å². The molecule has 0 saturated heterocycles. The summed E-state index contributed by atoms with van der Waals surface area (Å²) in [6, 6.07) is 13.7. The largest absolute Gasteiger partial charge is 0.387 e. The van der Waals surface area contributed by atoms with Crippen LogP contribution in [0, 0.1) is 18.8 Å². The van der Waals surface area contributed by atoms with Crippen LogP contribution in [0.5, 0.6) is 0 Å². The Kier molecular flexibility index (Phi) is 3.98. The highest BCUT2D eigenvalue weighted by Gasteiger charge is 2.03. The number of benzene rings is 1. The van der Waals surface area contributed by atoms with E-state index >= 15 is 0 Å². The first-order chi connectivity index (χ1) is 8.25. The van der Waals surface area contributed by atoms with E-state index in [9.17, 15) is 5.11 Å². The highest BCUT2D eigenvalue weighted by Crippen LogP contribution is 2.16. The van der Waals surface area contributed by atoms with Gasteiger partial charge in [0.25, 0.3) is 0 Å². The predicted octanol–water partition coefficient (Wildman–Crippen LogP) is 3.53. The molecule has 1 nitrogen and oxygen atoms in total. The van der Waals surface area contributed by atoms with Crippen molar-refractivity contribution in [1.82, 2.24) is 0 Å². The molecular weight excluding hydrogens is 228 g/mol. The van der Waals surface area contributed by atoms with Gasteiger partial charge in [0.2, 0.25) is 0 Å². The molecule has 17 heavy (non-hydrogen) atoms. The lowest BCUT2D eigenvalue weighted by Crippen LogP contribution is -1.94. The van der Waals surface area contributed by atoms with Crippen LogP contribution in [0.2, 0.25) is 0 Å². The summed E-state index contributed by atoms with van der Waals surface area (Å²) >= 11 is 1.68. The first kappa shape index (κ1) is 11.9. The minimum atomic E-state index is -0.496. The van der Waals surface area contributed by atoms with Crippen LogP contribution >= 0.6 is 11.3 Å². The van der Waals surface area contributed by atoms with Crippen LogP contribution in [0.1, 0.15) is 27.8 Å². The van der Waals surface area contributed by atoms with Gasteiger partial charge >= 0.3 is 0 Å². The van der Waals surface area contributed by atoms with Gasteiger partial charge in [0.05, 0.1) is 11.0 Å². The highest BCUT2D eigenvalue weighted by atomic mass is 32.1. The van der Waals surface area contributed by atoms with E-state index in [2.05, 4.69) is 24.8 Å². The molecule has 86 valence electrons. The summed E-state index contributed by atoms with van der Waals surface area (Å²) in [5.74, 6) is 6.10. The fraction of sp³-hybridized carbons (Fsp3) is 0.200. The standard InChI is InChI=1S/C15H14OS/c1-12-10-11-14(17-12)8-5-9-15(16)13-6-3-2-4-7-13/h2-4,6-7,10-11,15-16H,9H2,1H3. The van der Waals surface area contributed by atoms with E-state index in [1.807, 2.05) is 36.4 Å². The van der Waals surface area contributed by atoms with Crippen molar-refractivity contribution >= 4 is 11.3 Å². The monoisotopic (exact) mass is 242 g/mol. The van der Waals surface area contributed by atoms with Gasteiger partial charge in [-0.2, -0.15) is 0 Å². The average Bonchev–Trinajstić information content (AvgIpc) is 2.76. The zero-order valence-corrected chi connectivity index (χ0v) is 10.5. The maximum absolute atomic E-state index is 9.90. The molecule has 0 amide bonds. The lowest BCUT2D eigenvalue weighted by Gasteiger charge is -2.05. The summed E-state index contributed by atoms with van der Waals surface area (Å²) in [5, 5.41) is 9.90. The fourth-order valence-electron chi connectivity index (χ4n) is 1.53. The second-order valence-corrected chi connectivity index (χ2v) is 5.13. The van der Waals surface area contributed by atoms with Gasteiger partial charge in [0.1, 0.15) is 0 Å². The van der Waals surface area contributed by atoms with Crippen LogP contribution in [-0.2, 0) is 0 Å². The zero-order valence-electron chi connectivity index (χ0n) is 9.68. The molecule has 1 heterocycles. The van der Waals surface area contributed by atoms with Crippen molar-refractivity contribution in [2.24, 2.45) is 0 Å². The Labute approximate surface area is 106 Å². The second kappa shape index (κ2) is 5.67. The molecule has 2 heteroatoms. The molecule has 2 rings (SSSR count). The molecule has 1 aromatic carbocycles. The lowest BCUT2D eigenvalue weighted by atomic mass is 10.1. The number of aliphatic hydroxyl groups excluding tert-OH is 1. The van der Waals surface area contributed by atoms with Crippen LogP contribution in [-0.4, -0.2) is 5.11 Å².